The molecular weight excluding hydrogens is 346 g/mol. The van der Waals surface area contributed by atoms with Crippen LogP contribution in [-0.4, -0.2) is 46.7 Å². The van der Waals surface area contributed by atoms with Gasteiger partial charge in [0.2, 0.25) is 5.88 Å². The molecule has 4 rings (SSSR count). The highest BCUT2D eigenvalue weighted by Gasteiger charge is 2.25. The largest absolute Gasteiger partial charge is 0.484 e. The fourth-order valence-electron chi connectivity index (χ4n) is 2.83. The van der Waals surface area contributed by atoms with E-state index in [2.05, 4.69) is 32.4 Å². The molecule has 1 fully saturated rings. The van der Waals surface area contributed by atoms with Gasteiger partial charge in [0.25, 0.3) is 5.89 Å². The van der Waals surface area contributed by atoms with Crippen LogP contribution >= 0.6 is 0 Å². The molecule has 1 saturated heterocycles. The molecule has 0 radical (unpaired) electrons. The summed E-state index contributed by atoms with van der Waals surface area (Å²) in [6, 6.07) is 13.0. The highest BCUT2D eigenvalue weighted by Crippen LogP contribution is 2.23. The molecule has 1 aromatic carbocycles. The fraction of sp³-hybridized carbons (Fsp3) is 0.316. The van der Waals surface area contributed by atoms with Crippen LogP contribution in [-0.2, 0) is 6.61 Å². The predicted octanol–water partition coefficient (Wildman–Crippen LogP) is 2.41. The van der Waals surface area contributed by atoms with Gasteiger partial charge in [-0.3, -0.25) is 4.90 Å². The van der Waals surface area contributed by atoms with Gasteiger partial charge in [-0.15, -0.1) is 0 Å². The van der Waals surface area contributed by atoms with Crippen molar-refractivity contribution in [3.05, 3.63) is 60.4 Å². The van der Waals surface area contributed by atoms with Crippen LogP contribution in [0.5, 0.6) is 17.4 Å². The maximum Gasteiger partial charge on any atom is 0.264 e. The van der Waals surface area contributed by atoms with Crippen LogP contribution < -0.4 is 14.8 Å². The van der Waals surface area contributed by atoms with Crippen molar-refractivity contribution >= 4 is 0 Å². The first-order valence-corrected chi connectivity index (χ1v) is 8.83. The second kappa shape index (κ2) is 8.15. The van der Waals surface area contributed by atoms with Gasteiger partial charge < -0.3 is 19.3 Å². The van der Waals surface area contributed by atoms with Crippen LogP contribution in [0.15, 0.2) is 53.2 Å². The number of pyridine rings is 1. The molecule has 3 aromatic rings. The van der Waals surface area contributed by atoms with E-state index >= 15 is 0 Å². The molecule has 1 unspecified atom stereocenters. The van der Waals surface area contributed by atoms with E-state index in [0.29, 0.717) is 29.1 Å². The standard InChI is InChI=1S/C19H21N5O3/c1-24-11-10-20-12-16(24)19-22-18(27-23-19)13-25-14-5-7-15(8-6-14)26-17-4-2-3-9-21-17/h2-9,16,20H,10-13H2,1H3. The number of aromatic nitrogens is 3. The number of hydrogen-bond acceptors (Lipinski definition) is 8. The maximum atomic E-state index is 5.73. The molecule has 1 aliphatic heterocycles. The summed E-state index contributed by atoms with van der Waals surface area (Å²) < 4.78 is 16.7. The molecule has 3 heterocycles. The van der Waals surface area contributed by atoms with Crippen LogP contribution in [0.1, 0.15) is 17.8 Å². The molecule has 1 aliphatic rings. The Morgan fingerprint density at radius 3 is 2.81 bits per heavy atom. The number of rotatable bonds is 6. The minimum Gasteiger partial charge on any atom is -0.484 e. The number of nitrogens with one attached hydrogen (secondary N) is 1. The lowest BCUT2D eigenvalue weighted by Crippen LogP contribution is -2.44. The van der Waals surface area contributed by atoms with Gasteiger partial charge in [-0.1, -0.05) is 11.2 Å². The minimum absolute atomic E-state index is 0.124. The molecule has 8 heteroatoms. The summed E-state index contributed by atoms with van der Waals surface area (Å²) in [7, 11) is 2.06. The van der Waals surface area contributed by atoms with Gasteiger partial charge in [0.05, 0.1) is 6.04 Å². The van der Waals surface area contributed by atoms with Crippen LogP contribution in [0.2, 0.25) is 0 Å². The number of likely N-dealkylation sites (N-methyl/N-ethyl adjacent to an activating group) is 1. The Morgan fingerprint density at radius 1 is 1.19 bits per heavy atom. The van der Waals surface area contributed by atoms with Crippen molar-refractivity contribution in [2.75, 3.05) is 26.7 Å². The van der Waals surface area contributed by atoms with E-state index in [1.807, 2.05) is 36.4 Å². The smallest absolute Gasteiger partial charge is 0.264 e. The quantitative estimate of drug-likeness (QED) is 0.711. The minimum atomic E-state index is 0.124. The Hall–Kier alpha value is -2.97. The normalized spacial score (nSPS) is 17.6. The maximum absolute atomic E-state index is 5.73. The van der Waals surface area contributed by atoms with E-state index in [1.165, 1.54) is 0 Å². The first-order valence-electron chi connectivity index (χ1n) is 8.83. The van der Waals surface area contributed by atoms with Crippen molar-refractivity contribution in [2.45, 2.75) is 12.6 Å². The van der Waals surface area contributed by atoms with Crippen LogP contribution in [0.3, 0.4) is 0 Å². The average molecular weight is 367 g/mol. The van der Waals surface area contributed by atoms with Crippen molar-refractivity contribution in [1.82, 2.24) is 25.3 Å². The molecule has 0 aliphatic carbocycles. The van der Waals surface area contributed by atoms with E-state index in [4.69, 9.17) is 14.0 Å². The zero-order valence-electron chi connectivity index (χ0n) is 15.0. The van der Waals surface area contributed by atoms with Gasteiger partial charge in [-0.25, -0.2) is 4.98 Å². The fourth-order valence-corrected chi connectivity index (χ4v) is 2.83. The summed E-state index contributed by atoms with van der Waals surface area (Å²) in [4.78, 5) is 10.8. The Balaban J connectivity index is 1.32. The van der Waals surface area contributed by atoms with E-state index in [9.17, 15) is 0 Å². The summed E-state index contributed by atoms with van der Waals surface area (Å²) in [6.45, 7) is 2.96. The third-order valence-corrected chi connectivity index (χ3v) is 4.34. The first kappa shape index (κ1) is 17.4. The molecule has 1 atom stereocenters. The number of hydrogen-bond donors (Lipinski definition) is 1. The summed E-state index contributed by atoms with van der Waals surface area (Å²) in [5.74, 6) is 3.07. The Kier molecular flexibility index (Phi) is 5.27. The number of piperazine rings is 1. The van der Waals surface area contributed by atoms with Gasteiger partial charge in [0.1, 0.15) is 11.5 Å². The molecule has 0 bridgehead atoms. The summed E-state index contributed by atoms with van der Waals surface area (Å²) >= 11 is 0. The van der Waals surface area contributed by atoms with E-state index in [-0.39, 0.29) is 12.6 Å². The average Bonchev–Trinajstić information content (AvgIpc) is 3.17. The zero-order chi connectivity index (χ0) is 18.5. The van der Waals surface area contributed by atoms with Gasteiger partial charge in [-0.2, -0.15) is 4.98 Å². The lowest BCUT2D eigenvalue weighted by molar-refractivity contribution is 0.189. The molecule has 8 nitrogen and oxygen atoms in total. The first-order chi connectivity index (χ1) is 13.3. The highest BCUT2D eigenvalue weighted by molar-refractivity contribution is 5.33. The van der Waals surface area contributed by atoms with Gasteiger partial charge in [-0.05, 0) is 37.4 Å². The Bertz CT molecular complexity index is 853. The summed E-state index contributed by atoms with van der Waals surface area (Å²) in [5, 5.41) is 7.43. The molecule has 2 aromatic heterocycles. The van der Waals surface area contributed by atoms with Crippen molar-refractivity contribution < 1.29 is 14.0 Å². The van der Waals surface area contributed by atoms with Crippen LogP contribution in [0.25, 0.3) is 0 Å². The third-order valence-electron chi connectivity index (χ3n) is 4.34. The Labute approximate surface area is 157 Å². The van der Waals surface area contributed by atoms with Crippen molar-refractivity contribution in [1.29, 1.82) is 0 Å². The monoisotopic (exact) mass is 367 g/mol. The van der Waals surface area contributed by atoms with Crippen molar-refractivity contribution in [3.63, 3.8) is 0 Å². The topological polar surface area (TPSA) is 85.5 Å². The predicted molar refractivity (Wildman–Crippen MR) is 97.6 cm³/mol. The van der Waals surface area contributed by atoms with E-state index in [0.717, 1.165) is 19.6 Å². The summed E-state index contributed by atoms with van der Waals surface area (Å²) in [5.41, 5.74) is 0. The lowest BCUT2D eigenvalue weighted by atomic mass is 10.2. The Morgan fingerprint density at radius 2 is 2.04 bits per heavy atom. The van der Waals surface area contributed by atoms with Gasteiger partial charge in [0, 0.05) is 31.9 Å². The van der Waals surface area contributed by atoms with Gasteiger partial charge in [0.15, 0.2) is 12.4 Å². The number of benzene rings is 1. The zero-order valence-corrected chi connectivity index (χ0v) is 15.0. The van der Waals surface area contributed by atoms with E-state index < -0.39 is 0 Å². The molecule has 1 N–H and O–H groups in total. The molecular formula is C19H21N5O3. The van der Waals surface area contributed by atoms with Gasteiger partial charge >= 0.3 is 0 Å². The van der Waals surface area contributed by atoms with Crippen LogP contribution in [0.4, 0.5) is 0 Å². The molecule has 0 spiro atoms. The highest BCUT2D eigenvalue weighted by atomic mass is 16.5. The van der Waals surface area contributed by atoms with Crippen molar-refractivity contribution in [3.8, 4) is 17.4 Å². The van der Waals surface area contributed by atoms with E-state index in [1.54, 1.807) is 12.3 Å². The lowest BCUT2D eigenvalue weighted by Gasteiger charge is -2.30. The third kappa shape index (κ3) is 4.42. The summed E-state index contributed by atoms with van der Waals surface area (Å²) in [6.07, 6.45) is 1.69. The molecule has 27 heavy (non-hydrogen) atoms. The van der Waals surface area contributed by atoms with Crippen LogP contribution in [0, 0.1) is 0 Å². The second-order valence-corrected chi connectivity index (χ2v) is 6.28. The number of nitrogens with zero attached hydrogens (tertiary/aromatic N) is 4. The second-order valence-electron chi connectivity index (χ2n) is 6.28. The molecule has 140 valence electrons. The number of ether oxygens (including phenoxy) is 2. The SMILES string of the molecule is CN1CCNCC1c1noc(COc2ccc(Oc3ccccn3)cc2)n1. The van der Waals surface area contributed by atoms with Crippen molar-refractivity contribution in [2.24, 2.45) is 0 Å². The molecule has 0 saturated carbocycles. The molecule has 0 amide bonds.